The molecule has 0 bridgehead atoms. The van der Waals surface area contributed by atoms with Crippen LogP contribution in [0.15, 0.2) is 0 Å². The summed E-state index contributed by atoms with van der Waals surface area (Å²) in [4.78, 5) is 72.5. The van der Waals surface area contributed by atoms with Crippen molar-refractivity contribution in [1.82, 2.24) is 0 Å². The molecule has 91 heavy (non-hydrogen) atoms. The molecule has 0 rings (SSSR count). The summed E-state index contributed by atoms with van der Waals surface area (Å²) < 4.78 is 68.3. The molecule has 0 aliphatic carbocycles. The molecule has 0 amide bonds. The SMILES string of the molecule is CCCCCCCCCCCCCCCCCCC(=O)O[C@H](COC(=O)CCCCCCCCCCCCC(C)CC)COP(=O)(O)OC[C@@H](O)COP(=O)(O)OC[C@@H](COC(=O)CCCCCCCCC)OC(=O)CCCCCCCCCCCCC(C)CC. The van der Waals surface area contributed by atoms with Crippen LogP contribution in [0, 0.1) is 11.8 Å². The summed E-state index contributed by atoms with van der Waals surface area (Å²) in [5.74, 6) is -0.511. The highest BCUT2D eigenvalue weighted by Gasteiger charge is 2.30. The fraction of sp³-hybridized carbons (Fsp3) is 0.944. The van der Waals surface area contributed by atoms with Crippen LogP contribution in [-0.2, 0) is 65.4 Å². The molecule has 3 N–H and O–H groups in total. The lowest BCUT2D eigenvalue weighted by Gasteiger charge is -2.21. The van der Waals surface area contributed by atoms with E-state index in [4.69, 9.17) is 37.0 Å². The van der Waals surface area contributed by atoms with Crippen LogP contribution in [-0.4, -0.2) is 96.7 Å². The third-order valence-electron chi connectivity index (χ3n) is 17.4. The summed E-state index contributed by atoms with van der Waals surface area (Å²) in [5, 5.41) is 10.6. The van der Waals surface area contributed by atoms with Gasteiger partial charge in [0.05, 0.1) is 26.4 Å². The van der Waals surface area contributed by atoms with Crippen molar-refractivity contribution in [1.29, 1.82) is 0 Å². The Morgan fingerprint density at radius 3 is 0.780 bits per heavy atom. The van der Waals surface area contributed by atoms with Gasteiger partial charge in [-0.2, -0.15) is 0 Å². The molecule has 0 aromatic rings. The average molecular weight is 1340 g/mol. The number of carbonyl (C=O) groups is 4. The molecule has 17 nitrogen and oxygen atoms in total. The zero-order chi connectivity index (χ0) is 67.2. The van der Waals surface area contributed by atoms with Gasteiger partial charge in [0.15, 0.2) is 12.2 Å². The van der Waals surface area contributed by atoms with Crippen molar-refractivity contribution in [2.75, 3.05) is 39.6 Å². The molecule has 0 aliphatic heterocycles. The molecule has 7 atom stereocenters. The van der Waals surface area contributed by atoms with Gasteiger partial charge >= 0.3 is 39.5 Å². The highest BCUT2D eigenvalue weighted by molar-refractivity contribution is 7.47. The monoisotopic (exact) mass is 1340 g/mol. The molecular weight excluding hydrogens is 1200 g/mol. The lowest BCUT2D eigenvalue weighted by Crippen LogP contribution is -2.30. The van der Waals surface area contributed by atoms with E-state index in [1.54, 1.807) is 0 Å². The number of esters is 4. The van der Waals surface area contributed by atoms with Gasteiger partial charge in [-0.05, 0) is 37.5 Å². The number of ether oxygens (including phenoxy) is 4. The van der Waals surface area contributed by atoms with Gasteiger partial charge in [-0.1, -0.05) is 318 Å². The van der Waals surface area contributed by atoms with Crippen molar-refractivity contribution in [2.24, 2.45) is 11.8 Å². The van der Waals surface area contributed by atoms with E-state index in [1.165, 1.54) is 173 Å². The Morgan fingerprint density at radius 1 is 0.308 bits per heavy atom. The zero-order valence-electron chi connectivity index (χ0n) is 59.1. The van der Waals surface area contributed by atoms with Crippen molar-refractivity contribution in [3.05, 3.63) is 0 Å². The number of phosphoric ester groups is 2. The smallest absolute Gasteiger partial charge is 0.462 e. The number of phosphoric acid groups is 2. The standard InChI is InChI=1S/C72H140O17P2/c1-7-11-13-15-17-18-19-20-21-22-23-24-32-38-44-50-56-71(76)89-68(61-83-70(75)55-49-43-37-31-27-25-29-35-40-46-52-64(5)9-3)63-87-91(80,81)85-59-66(73)58-84-90(78,79)86-62-67(60-82-69(74)54-48-42-34-16-14-12-8-2)88-72(77)57-51-45-39-33-28-26-30-36-41-47-53-65(6)10-4/h64-68,73H,7-63H2,1-6H3,(H,78,79)(H,80,81)/t64?,65?,66-,67+,68+/m0/s1. The third kappa shape index (κ3) is 63.9. The number of unbranched alkanes of at least 4 members (excludes halogenated alkanes) is 39. The maximum Gasteiger partial charge on any atom is 0.472 e. The summed E-state index contributed by atoms with van der Waals surface area (Å²) in [6.45, 7) is 9.58. The number of rotatable bonds is 71. The fourth-order valence-corrected chi connectivity index (χ4v) is 12.5. The Hall–Kier alpha value is -1.94. The van der Waals surface area contributed by atoms with E-state index in [-0.39, 0.29) is 25.7 Å². The number of hydrogen-bond acceptors (Lipinski definition) is 15. The van der Waals surface area contributed by atoms with Crippen LogP contribution in [0.5, 0.6) is 0 Å². The average Bonchev–Trinajstić information content (AvgIpc) is 3.26. The molecule has 0 aromatic carbocycles. The van der Waals surface area contributed by atoms with E-state index < -0.39 is 97.5 Å². The van der Waals surface area contributed by atoms with Crippen molar-refractivity contribution in [2.45, 2.75) is 387 Å². The Balaban J connectivity index is 5.22. The Morgan fingerprint density at radius 2 is 0.527 bits per heavy atom. The molecule has 0 aliphatic rings. The van der Waals surface area contributed by atoms with Gasteiger partial charge in [0.1, 0.15) is 19.3 Å². The predicted molar refractivity (Wildman–Crippen MR) is 368 cm³/mol. The van der Waals surface area contributed by atoms with Crippen molar-refractivity contribution < 1.29 is 80.2 Å². The lowest BCUT2D eigenvalue weighted by molar-refractivity contribution is -0.161. The molecule has 540 valence electrons. The third-order valence-corrected chi connectivity index (χ3v) is 19.3. The first-order valence-corrected chi connectivity index (χ1v) is 40.6. The molecule has 0 saturated heterocycles. The van der Waals surface area contributed by atoms with Gasteiger partial charge in [-0.3, -0.25) is 37.3 Å². The van der Waals surface area contributed by atoms with Gasteiger partial charge < -0.3 is 33.8 Å². The van der Waals surface area contributed by atoms with Gasteiger partial charge in [0.25, 0.3) is 0 Å². The summed E-state index contributed by atoms with van der Waals surface area (Å²) >= 11 is 0. The first-order valence-electron chi connectivity index (χ1n) is 37.6. The Labute approximate surface area is 556 Å². The number of aliphatic hydroxyl groups excluding tert-OH is 1. The second kappa shape index (κ2) is 64.1. The molecule has 0 heterocycles. The van der Waals surface area contributed by atoms with Crippen LogP contribution in [0.3, 0.4) is 0 Å². The van der Waals surface area contributed by atoms with E-state index in [2.05, 4.69) is 41.5 Å². The Kier molecular flexibility index (Phi) is 62.7. The summed E-state index contributed by atoms with van der Waals surface area (Å²) in [5.41, 5.74) is 0. The first kappa shape index (κ1) is 89.1. The van der Waals surface area contributed by atoms with Crippen LogP contribution in [0.1, 0.15) is 369 Å². The van der Waals surface area contributed by atoms with Crippen molar-refractivity contribution >= 4 is 39.5 Å². The molecule has 4 unspecified atom stereocenters. The first-order chi connectivity index (χ1) is 43.9. The predicted octanol–water partition coefficient (Wildman–Crippen LogP) is 20.8. The van der Waals surface area contributed by atoms with Crippen molar-refractivity contribution in [3.8, 4) is 0 Å². The summed E-state index contributed by atoms with van der Waals surface area (Å²) in [7, 11) is -9.90. The minimum Gasteiger partial charge on any atom is -0.462 e. The van der Waals surface area contributed by atoms with Crippen molar-refractivity contribution in [3.63, 3.8) is 0 Å². The van der Waals surface area contributed by atoms with Gasteiger partial charge in [-0.25, -0.2) is 9.13 Å². The minimum atomic E-state index is -4.95. The maximum atomic E-state index is 13.0. The van der Waals surface area contributed by atoms with Crippen LogP contribution in [0.4, 0.5) is 0 Å². The van der Waals surface area contributed by atoms with Crippen LogP contribution in [0.25, 0.3) is 0 Å². The van der Waals surface area contributed by atoms with E-state index in [1.807, 2.05) is 0 Å². The number of carbonyl (C=O) groups excluding carboxylic acids is 4. The highest BCUT2D eigenvalue weighted by Crippen LogP contribution is 2.45. The lowest BCUT2D eigenvalue weighted by atomic mass is 9.99. The number of hydrogen-bond donors (Lipinski definition) is 3. The van der Waals surface area contributed by atoms with Crippen LogP contribution < -0.4 is 0 Å². The van der Waals surface area contributed by atoms with Gasteiger partial charge in [-0.15, -0.1) is 0 Å². The summed E-state index contributed by atoms with van der Waals surface area (Å²) in [6, 6.07) is 0. The number of aliphatic hydroxyl groups is 1. The molecule has 0 spiro atoms. The van der Waals surface area contributed by atoms with E-state index in [9.17, 15) is 43.2 Å². The Bertz CT molecular complexity index is 1770. The second-order valence-electron chi connectivity index (χ2n) is 26.5. The zero-order valence-corrected chi connectivity index (χ0v) is 60.9. The maximum absolute atomic E-state index is 13.0. The molecular formula is C72H140O17P2. The van der Waals surface area contributed by atoms with Gasteiger partial charge in [0, 0.05) is 25.7 Å². The second-order valence-corrected chi connectivity index (χ2v) is 29.4. The molecule has 19 heteroatoms. The highest BCUT2D eigenvalue weighted by atomic mass is 31.2. The summed E-state index contributed by atoms with van der Waals surface area (Å²) in [6.07, 6.45) is 49.9. The fourth-order valence-electron chi connectivity index (χ4n) is 10.9. The largest absolute Gasteiger partial charge is 0.472 e. The van der Waals surface area contributed by atoms with E-state index >= 15 is 0 Å². The normalized spacial score (nSPS) is 14.7. The van der Waals surface area contributed by atoms with E-state index in [0.717, 1.165) is 115 Å². The molecule has 0 fully saturated rings. The molecule has 0 aromatic heterocycles. The van der Waals surface area contributed by atoms with Crippen LogP contribution in [0.2, 0.25) is 0 Å². The van der Waals surface area contributed by atoms with Gasteiger partial charge in [0.2, 0.25) is 0 Å². The quantitative estimate of drug-likeness (QED) is 0.0222. The minimum absolute atomic E-state index is 0.106. The van der Waals surface area contributed by atoms with E-state index in [0.29, 0.717) is 25.7 Å². The molecule has 0 radical (unpaired) electrons. The van der Waals surface area contributed by atoms with Crippen LogP contribution >= 0.6 is 15.6 Å². The topological polar surface area (TPSA) is 237 Å². The molecule has 0 saturated carbocycles.